The summed E-state index contributed by atoms with van der Waals surface area (Å²) in [6, 6.07) is 18.5. The van der Waals surface area contributed by atoms with Gasteiger partial charge in [-0.2, -0.15) is 0 Å². The summed E-state index contributed by atoms with van der Waals surface area (Å²) in [5.41, 5.74) is 4.34. The number of fused-ring (bicyclic) bond motifs is 1. The molecule has 2 aromatic heterocycles. The van der Waals surface area contributed by atoms with Gasteiger partial charge in [-0.25, -0.2) is 4.98 Å². The van der Waals surface area contributed by atoms with Gasteiger partial charge >= 0.3 is 0 Å². The molecule has 0 fully saturated rings. The number of aryl methyl sites for hydroxylation is 1. The van der Waals surface area contributed by atoms with Gasteiger partial charge in [-0.3, -0.25) is 4.98 Å². The summed E-state index contributed by atoms with van der Waals surface area (Å²) in [6.07, 6.45) is 9.66. The molecule has 0 unspecified atom stereocenters. The molecule has 4 heteroatoms. The van der Waals surface area contributed by atoms with Crippen molar-refractivity contribution < 1.29 is 0 Å². The summed E-state index contributed by atoms with van der Waals surface area (Å²) < 4.78 is 1.08. The van der Waals surface area contributed by atoms with Crippen LogP contribution in [-0.2, 0) is 0 Å². The normalized spacial score (nSPS) is 11.2. The quantitative estimate of drug-likeness (QED) is 0.407. The molecule has 2 aromatic carbocycles. The van der Waals surface area contributed by atoms with E-state index in [1.54, 1.807) is 6.20 Å². The van der Waals surface area contributed by atoms with Crippen molar-refractivity contribution in [1.82, 2.24) is 9.97 Å². The van der Waals surface area contributed by atoms with Gasteiger partial charge in [0.25, 0.3) is 0 Å². The Kier molecular flexibility index (Phi) is 4.99. The lowest BCUT2D eigenvalue weighted by Gasteiger charge is -2.11. The summed E-state index contributed by atoms with van der Waals surface area (Å²) in [4.78, 5) is 8.83. The third-order valence-electron chi connectivity index (χ3n) is 4.40. The third kappa shape index (κ3) is 3.91. The second-order valence-corrected chi connectivity index (χ2v) is 7.17. The number of nitrogens with one attached hydrogen (secondary N) is 1. The lowest BCUT2D eigenvalue weighted by Crippen LogP contribution is -1.96. The Labute approximate surface area is 166 Å². The highest BCUT2D eigenvalue weighted by Crippen LogP contribution is 2.29. The van der Waals surface area contributed by atoms with E-state index >= 15 is 0 Å². The van der Waals surface area contributed by atoms with Crippen LogP contribution in [0.3, 0.4) is 0 Å². The molecule has 0 bridgehead atoms. The highest BCUT2D eigenvalue weighted by molar-refractivity contribution is 9.10. The molecular weight excluding hydrogens is 398 g/mol. The van der Waals surface area contributed by atoms with Gasteiger partial charge in [-0.05, 0) is 41.6 Å². The second kappa shape index (κ2) is 7.72. The van der Waals surface area contributed by atoms with Crippen LogP contribution in [0, 0.1) is 6.92 Å². The van der Waals surface area contributed by atoms with Crippen LogP contribution >= 0.6 is 15.9 Å². The van der Waals surface area contributed by atoms with Gasteiger partial charge in [0.05, 0.1) is 0 Å². The maximum atomic E-state index is 4.67. The van der Waals surface area contributed by atoms with Crippen molar-refractivity contribution >= 4 is 50.4 Å². The van der Waals surface area contributed by atoms with E-state index in [9.17, 15) is 0 Å². The number of aromatic nitrogens is 2. The molecule has 0 spiro atoms. The zero-order chi connectivity index (χ0) is 18.6. The smallest absolute Gasteiger partial charge is 0.138 e. The summed E-state index contributed by atoms with van der Waals surface area (Å²) in [7, 11) is 0. The van der Waals surface area contributed by atoms with Crippen molar-refractivity contribution in [3.63, 3.8) is 0 Å². The molecule has 0 saturated heterocycles. The predicted molar refractivity (Wildman–Crippen MR) is 117 cm³/mol. The molecule has 0 radical (unpaired) electrons. The van der Waals surface area contributed by atoms with Gasteiger partial charge in [0.1, 0.15) is 5.82 Å². The van der Waals surface area contributed by atoms with E-state index in [1.807, 2.05) is 30.6 Å². The van der Waals surface area contributed by atoms with Gasteiger partial charge in [-0.1, -0.05) is 64.5 Å². The maximum absolute atomic E-state index is 4.67. The predicted octanol–water partition coefficient (Wildman–Crippen LogP) is 6.61. The number of pyridine rings is 2. The molecule has 0 aliphatic carbocycles. The summed E-state index contributed by atoms with van der Waals surface area (Å²) in [5, 5.41) is 5.68. The number of halogens is 1. The van der Waals surface area contributed by atoms with E-state index in [4.69, 9.17) is 0 Å². The van der Waals surface area contributed by atoms with Crippen molar-refractivity contribution in [2.24, 2.45) is 0 Å². The molecule has 1 N–H and O–H groups in total. The Hall–Kier alpha value is -2.98. The molecule has 4 aromatic rings. The standard InChI is InChI=1S/C23H18BrN3/c1-16-8-11-19(13-22(16)24)27-23-21-7-3-2-6-20(21)18(15-26-23)10-9-17-5-4-12-25-14-17/h2-15H,1H3,(H,26,27). The van der Waals surface area contributed by atoms with Crippen LogP contribution in [-0.4, -0.2) is 9.97 Å². The maximum Gasteiger partial charge on any atom is 0.138 e. The molecule has 2 heterocycles. The highest BCUT2D eigenvalue weighted by atomic mass is 79.9. The van der Waals surface area contributed by atoms with E-state index < -0.39 is 0 Å². The molecule has 0 aliphatic heterocycles. The van der Waals surface area contributed by atoms with Crippen LogP contribution in [0.5, 0.6) is 0 Å². The zero-order valence-electron chi connectivity index (χ0n) is 14.9. The number of benzene rings is 2. The average Bonchev–Trinajstić information content (AvgIpc) is 2.71. The van der Waals surface area contributed by atoms with Crippen LogP contribution < -0.4 is 5.32 Å². The molecule has 4 rings (SSSR count). The monoisotopic (exact) mass is 415 g/mol. The molecular formula is C23H18BrN3. The fourth-order valence-electron chi connectivity index (χ4n) is 2.91. The van der Waals surface area contributed by atoms with Crippen LogP contribution in [0.2, 0.25) is 0 Å². The molecule has 3 nitrogen and oxygen atoms in total. The first-order chi connectivity index (χ1) is 13.2. The number of anilines is 2. The minimum Gasteiger partial charge on any atom is -0.340 e. The SMILES string of the molecule is Cc1ccc(Nc2ncc(C=Cc3cccnc3)c3ccccc23)cc1Br. The Bertz CT molecular complexity index is 1120. The Morgan fingerprint density at radius 1 is 0.926 bits per heavy atom. The van der Waals surface area contributed by atoms with Crippen molar-refractivity contribution in [2.45, 2.75) is 6.92 Å². The fraction of sp³-hybridized carbons (Fsp3) is 0.0435. The topological polar surface area (TPSA) is 37.8 Å². The van der Waals surface area contributed by atoms with Gasteiger partial charge in [0.2, 0.25) is 0 Å². The molecule has 0 saturated carbocycles. The number of hydrogen-bond acceptors (Lipinski definition) is 3. The minimum atomic E-state index is 0.847. The van der Waals surface area contributed by atoms with E-state index in [0.29, 0.717) is 0 Å². The molecule has 132 valence electrons. The van der Waals surface area contributed by atoms with Crippen LogP contribution in [0.25, 0.3) is 22.9 Å². The largest absolute Gasteiger partial charge is 0.340 e. The van der Waals surface area contributed by atoms with Crippen molar-refractivity contribution in [3.05, 3.63) is 94.4 Å². The summed E-state index contributed by atoms with van der Waals surface area (Å²) in [6.45, 7) is 2.07. The van der Waals surface area contributed by atoms with Crippen molar-refractivity contribution in [2.75, 3.05) is 5.32 Å². The third-order valence-corrected chi connectivity index (χ3v) is 5.25. The highest BCUT2D eigenvalue weighted by Gasteiger charge is 2.07. The first-order valence-electron chi connectivity index (χ1n) is 8.70. The van der Waals surface area contributed by atoms with Crippen LogP contribution in [0.4, 0.5) is 11.5 Å². The molecule has 0 aliphatic rings. The van der Waals surface area contributed by atoms with Gasteiger partial charge in [-0.15, -0.1) is 0 Å². The zero-order valence-corrected chi connectivity index (χ0v) is 16.4. The first-order valence-corrected chi connectivity index (χ1v) is 9.49. The lowest BCUT2D eigenvalue weighted by molar-refractivity contribution is 1.32. The van der Waals surface area contributed by atoms with Crippen LogP contribution in [0.15, 0.2) is 77.7 Å². The Balaban J connectivity index is 1.72. The Morgan fingerprint density at radius 2 is 1.78 bits per heavy atom. The minimum absolute atomic E-state index is 0.847. The van der Waals surface area contributed by atoms with Crippen LogP contribution in [0.1, 0.15) is 16.7 Å². The Morgan fingerprint density at radius 3 is 2.56 bits per heavy atom. The van der Waals surface area contributed by atoms with Gasteiger partial charge < -0.3 is 5.32 Å². The van der Waals surface area contributed by atoms with Crippen molar-refractivity contribution in [1.29, 1.82) is 0 Å². The van der Waals surface area contributed by atoms with Gasteiger partial charge in [0, 0.05) is 39.7 Å². The van der Waals surface area contributed by atoms with Gasteiger partial charge in [0.15, 0.2) is 0 Å². The molecule has 0 amide bonds. The second-order valence-electron chi connectivity index (χ2n) is 6.32. The van der Waals surface area contributed by atoms with E-state index in [1.165, 1.54) is 5.56 Å². The molecule has 27 heavy (non-hydrogen) atoms. The number of rotatable bonds is 4. The summed E-state index contributed by atoms with van der Waals surface area (Å²) >= 11 is 3.59. The average molecular weight is 416 g/mol. The van der Waals surface area contributed by atoms with E-state index in [-0.39, 0.29) is 0 Å². The van der Waals surface area contributed by atoms with E-state index in [0.717, 1.165) is 37.9 Å². The number of nitrogens with zero attached hydrogens (tertiary/aromatic N) is 2. The summed E-state index contributed by atoms with van der Waals surface area (Å²) in [5.74, 6) is 0.847. The fourth-order valence-corrected chi connectivity index (χ4v) is 3.29. The first kappa shape index (κ1) is 17.4. The lowest BCUT2D eigenvalue weighted by atomic mass is 10.1. The van der Waals surface area contributed by atoms with Crippen molar-refractivity contribution in [3.8, 4) is 0 Å². The molecule has 0 atom stereocenters. The van der Waals surface area contributed by atoms with E-state index in [2.05, 4.69) is 86.7 Å². The number of hydrogen-bond donors (Lipinski definition) is 1.